The molecule has 21 heteroatoms. The van der Waals surface area contributed by atoms with E-state index in [1.54, 1.807) is 71.6 Å². The van der Waals surface area contributed by atoms with Gasteiger partial charge in [-0.15, -0.1) is 0 Å². The van der Waals surface area contributed by atoms with Gasteiger partial charge in [-0.25, -0.2) is 26.4 Å². The molecule has 118 heavy (non-hydrogen) atoms. The van der Waals surface area contributed by atoms with E-state index in [1.807, 2.05) is 97.1 Å². The van der Waals surface area contributed by atoms with Gasteiger partial charge in [-0.1, -0.05) is 207 Å². The zero-order valence-electron chi connectivity index (χ0n) is 68.3. The summed E-state index contributed by atoms with van der Waals surface area (Å²) in [6.45, 7) is 17.2. The molecule has 0 bridgehead atoms. The van der Waals surface area contributed by atoms with Gasteiger partial charge in [-0.05, 0) is 228 Å². The van der Waals surface area contributed by atoms with Crippen molar-refractivity contribution in [1.29, 1.82) is 0 Å². The van der Waals surface area contributed by atoms with Crippen molar-refractivity contribution in [2.45, 2.75) is 146 Å². The van der Waals surface area contributed by atoms with Crippen molar-refractivity contribution >= 4 is 114 Å². The van der Waals surface area contributed by atoms with Gasteiger partial charge >= 0.3 is 11.9 Å². The Labute approximate surface area is 700 Å². The Bertz CT molecular complexity index is 5590. The van der Waals surface area contributed by atoms with E-state index in [-0.39, 0.29) is 41.8 Å². The van der Waals surface area contributed by atoms with Crippen molar-refractivity contribution in [2.24, 2.45) is 0 Å². The summed E-state index contributed by atoms with van der Waals surface area (Å²) in [5.74, 6) is 9.70. The summed E-state index contributed by atoms with van der Waals surface area (Å²) >= 11 is 0. The van der Waals surface area contributed by atoms with E-state index in [1.165, 1.54) is 113 Å². The Morgan fingerprint density at radius 1 is 0.441 bits per heavy atom. The highest BCUT2D eigenvalue weighted by Crippen LogP contribution is 2.37. The molecule has 14 rings (SSSR count). The molecule has 0 radical (unpaired) electrons. The average Bonchev–Trinajstić information content (AvgIpc) is 1.15. The number of unbranched alkanes of at least 4 members (excludes halogenated alkanes) is 1. The molecule has 3 unspecified atom stereocenters. The van der Waals surface area contributed by atoms with Crippen LogP contribution in [0.15, 0.2) is 263 Å². The number of nitrogens with one attached hydrogen (secondary N) is 1. The van der Waals surface area contributed by atoms with Gasteiger partial charge in [0.05, 0.1) is 16.4 Å². The predicted octanol–water partition coefficient (Wildman–Crippen LogP) is 21.2. The van der Waals surface area contributed by atoms with Crippen molar-refractivity contribution in [1.82, 2.24) is 0 Å². The summed E-state index contributed by atoms with van der Waals surface area (Å²) in [4.78, 5) is 49.3. The van der Waals surface area contributed by atoms with Crippen molar-refractivity contribution < 1.29 is 73.5 Å². The van der Waals surface area contributed by atoms with Gasteiger partial charge in [0.15, 0.2) is 30.5 Å². The van der Waals surface area contributed by atoms with Crippen LogP contribution in [-0.4, -0.2) is 105 Å². The lowest BCUT2D eigenvalue weighted by Crippen LogP contribution is -2.20. The van der Waals surface area contributed by atoms with E-state index in [4.69, 9.17) is 28.4 Å². The number of Topliss-reactive ketones (excluding diaryl/α,β-unsaturated/α-hetero) is 1. The molecule has 12 aromatic carbocycles. The lowest BCUT2D eigenvalue weighted by atomic mass is 9.99. The molecule has 2 saturated heterocycles. The minimum atomic E-state index is -4.73. The Hall–Kier alpha value is -10.5. The Morgan fingerprint density at radius 2 is 0.992 bits per heavy atom. The summed E-state index contributed by atoms with van der Waals surface area (Å²) in [6, 6.07) is 75.8. The van der Waals surface area contributed by atoms with E-state index in [2.05, 4.69) is 115 Å². The summed E-state index contributed by atoms with van der Waals surface area (Å²) in [5, 5.41) is 9.41. The molecule has 2 heterocycles. The Kier molecular flexibility index (Phi) is 33.7. The number of esters is 2. The van der Waals surface area contributed by atoms with Crippen molar-refractivity contribution in [3.63, 3.8) is 0 Å². The van der Waals surface area contributed by atoms with Crippen LogP contribution in [0.1, 0.15) is 157 Å². The normalized spacial score (nSPS) is 13.5. The summed E-state index contributed by atoms with van der Waals surface area (Å²) in [6.07, 6.45) is 10.8. The first kappa shape index (κ1) is 89.8. The predicted molar refractivity (Wildman–Crippen MR) is 475 cm³/mol. The third kappa shape index (κ3) is 26.2. The Balaban J connectivity index is 0.000000158. The number of hydrogen-bond donors (Lipinski definition) is 1. The third-order valence-corrected chi connectivity index (χ3v) is 27.4. The molecule has 2 aliphatic rings. The van der Waals surface area contributed by atoms with Crippen LogP contribution in [0.3, 0.4) is 0 Å². The highest BCUT2D eigenvalue weighted by atomic mass is 32.2. The molecule has 0 aromatic heterocycles. The number of anilines is 1. The third-order valence-electron chi connectivity index (χ3n) is 20.7. The number of carbonyl (C=O) groups is 4. The molecule has 1 N–H and O–H groups in total. The summed E-state index contributed by atoms with van der Waals surface area (Å²) < 4.78 is 102. The van der Waals surface area contributed by atoms with Crippen molar-refractivity contribution in [3.8, 4) is 34.5 Å². The number of hydrogen-bond acceptors (Lipinski definition) is 16. The molecule has 0 aliphatic carbocycles. The van der Waals surface area contributed by atoms with Crippen LogP contribution in [0, 0.1) is 6.92 Å². The van der Waals surface area contributed by atoms with E-state index in [0.717, 1.165) is 71.1 Å². The lowest BCUT2D eigenvalue weighted by molar-refractivity contribution is -0.137. The van der Waals surface area contributed by atoms with Crippen LogP contribution in [0.5, 0.6) is 34.5 Å². The van der Waals surface area contributed by atoms with E-state index in [0.29, 0.717) is 84.8 Å². The van der Waals surface area contributed by atoms with Crippen molar-refractivity contribution in [2.75, 3.05) is 60.5 Å². The minimum absolute atomic E-state index is 0.00163. The second-order valence-corrected chi connectivity index (χ2v) is 36.6. The Morgan fingerprint density at radius 3 is 1.67 bits per heavy atom. The van der Waals surface area contributed by atoms with Crippen LogP contribution in [-0.2, 0) is 56.4 Å². The van der Waals surface area contributed by atoms with Gasteiger partial charge in [-0.2, -0.15) is 0 Å². The second kappa shape index (κ2) is 44.3. The molecule has 0 spiro atoms. The first-order chi connectivity index (χ1) is 56.9. The maximum atomic E-state index is 12.2. The molecule has 2 aliphatic heterocycles. The molecular weight excluding hydrogens is 1560 g/mol. The highest BCUT2D eigenvalue weighted by Gasteiger charge is 2.30. The van der Waals surface area contributed by atoms with Gasteiger partial charge < -0.3 is 42.8 Å². The number of carbonyl (C=O) groups excluding carboxylic acids is 4. The molecule has 0 saturated carbocycles. The van der Waals surface area contributed by atoms with Gasteiger partial charge in [-0.3, -0.25) is 9.59 Å². The van der Waals surface area contributed by atoms with Crippen LogP contribution in [0.25, 0.3) is 43.1 Å². The smallest absolute Gasteiger partial charge is 0.349 e. The fourth-order valence-corrected chi connectivity index (χ4v) is 19.5. The number of benzene rings is 12. The average molecular weight is 1670 g/mol. The SMILES string of the molecule is CCC(C)c1ccc(OCC(=O)Oc2cccc3cccc(S(=O)(=O)[O-])c23)cc1.CCC(C)c1cccc(OC(=O)COc2cccc3c(C)cccc23)c1.CCC(C)c1cccc(OCC(=O)Nc2ccc3ccc(S(=O)(=O)[O-])cc3c2)c1.CCCCOc1ccc([S+]2CCCC2)c2ccccc12.O=C(C[S+]1CCCC1)c1ccccc1. The first-order valence-corrected chi connectivity index (χ1v) is 46.4. The van der Waals surface area contributed by atoms with E-state index >= 15 is 0 Å². The molecule has 3 atom stereocenters. The highest BCUT2D eigenvalue weighted by molar-refractivity contribution is 7.97. The summed E-state index contributed by atoms with van der Waals surface area (Å²) in [5.41, 5.74) is 6.06. The van der Waals surface area contributed by atoms with Crippen LogP contribution in [0.4, 0.5) is 5.69 Å². The molecule has 2 fully saturated rings. The molecule has 618 valence electrons. The minimum Gasteiger partial charge on any atom is -0.744 e. The largest absolute Gasteiger partial charge is 0.744 e. The van der Waals surface area contributed by atoms with Crippen LogP contribution in [0.2, 0.25) is 0 Å². The summed E-state index contributed by atoms with van der Waals surface area (Å²) in [7, 11) is -8.41. The molecule has 17 nitrogen and oxygen atoms in total. The monoisotopic (exact) mass is 1670 g/mol. The van der Waals surface area contributed by atoms with Gasteiger partial charge in [0, 0.05) is 43.7 Å². The van der Waals surface area contributed by atoms with Crippen LogP contribution >= 0.6 is 0 Å². The van der Waals surface area contributed by atoms with E-state index in [9.17, 15) is 45.1 Å². The number of rotatable bonds is 28. The van der Waals surface area contributed by atoms with E-state index < -0.39 is 37.1 Å². The number of aryl methyl sites for hydroxylation is 1. The van der Waals surface area contributed by atoms with Gasteiger partial charge in [0.2, 0.25) is 5.78 Å². The fourth-order valence-electron chi connectivity index (χ4n) is 13.5. The van der Waals surface area contributed by atoms with Gasteiger partial charge in [0.25, 0.3) is 5.91 Å². The van der Waals surface area contributed by atoms with Gasteiger partial charge in [0.1, 0.15) is 77.7 Å². The molecule has 12 aromatic rings. The maximum Gasteiger partial charge on any atom is 0.349 e. The van der Waals surface area contributed by atoms with Crippen molar-refractivity contribution in [3.05, 3.63) is 277 Å². The zero-order valence-corrected chi connectivity index (χ0v) is 71.6. The molecular formula is C97H105NO16S4. The molecule has 1 amide bonds. The number of ether oxygens (including phenoxy) is 6. The second-order valence-electron chi connectivity index (χ2n) is 29.3. The number of amides is 1. The fraction of sp³-hybridized carbons (Fsp3) is 0.299. The quantitative estimate of drug-likeness (QED) is 0.0119. The number of fused-ring (bicyclic) bond motifs is 4. The zero-order chi connectivity index (χ0) is 84.1. The lowest BCUT2D eigenvalue weighted by Gasteiger charge is -2.14. The number of ketones is 1. The maximum absolute atomic E-state index is 12.2. The van der Waals surface area contributed by atoms with Crippen LogP contribution < -0.4 is 33.7 Å². The first-order valence-electron chi connectivity index (χ1n) is 40.3. The standard InChI is InChI=1S/C23H24O3.C22H23NO5S.C22H22O6S.C18H23OS.C12H15OS/c1-4-16(2)18-9-6-10-19(14-18)26-23(24)15-25-22-13-7-11-20-17(3)8-5-12-21(20)22;1-3-15(2)17-5-4-6-20(12-17)28-14-22(24)23-19-9-7-16-8-10-21(29(25,26)27)13-18(16)11-19;1-3-15(2)16-10-12-18(13-11-16)27-14-21(23)28-19-8-4-6-17-7-5-9-20(22(17)19)29(24,25)26;1-2-3-12-19-17-10-11-18(20-13-6-7-14-20)16-9-5-4-8-15(16)17;13-12(10-14-8-4-5-9-14)11-6-2-1-3-7-11/h5-14,16H,4,15H2,1-3H3;4-13,15H,3,14H2,1-2H3,(H,23,24)(H,25,26,27);4-13,15H,3,14H2,1-2H3,(H,24,25,26);4-5,8-11H,2-3,6-7,12-14H2,1H3;1-3,6-7H,4-5,8-10H2/q;;;2*+1/p-2. The topological polar surface area (TPSA) is 250 Å².